The van der Waals surface area contributed by atoms with Crippen molar-refractivity contribution in [1.82, 2.24) is 5.32 Å². The molecule has 1 amide bonds. The van der Waals surface area contributed by atoms with Crippen LogP contribution in [0.15, 0.2) is 24.3 Å². The van der Waals surface area contributed by atoms with Crippen LogP contribution in [0.3, 0.4) is 0 Å². The Labute approximate surface area is 117 Å². The number of carboxylic acid groups (broad SMARTS) is 1. The summed E-state index contributed by atoms with van der Waals surface area (Å²) in [6.45, 7) is 0. The molecule has 0 bridgehead atoms. The van der Waals surface area contributed by atoms with E-state index in [0.717, 1.165) is 19.3 Å². The lowest BCUT2D eigenvalue weighted by Crippen LogP contribution is -2.34. The van der Waals surface area contributed by atoms with Crippen molar-refractivity contribution in [3.05, 3.63) is 35.4 Å². The van der Waals surface area contributed by atoms with Crippen LogP contribution < -0.4 is 5.32 Å². The summed E-state index contributed by atoms with van der Waals surface area (Å²) in [5, 5.41) is 11.9. The molecule has 20 heavy (non-hydrogen) atoms. The van der Waals surface area contributed by atoms with E-state index in [0.29, 0.717) is 5.56 Å². The quantitative estimate of drug-likeness (QED) is 0.857. The fourth-order valence-electron chi connectivity index (χ4n) is 2.56. The second-order valence-electron chi connectivity index (χ2n) is 5.12. The smallest absolute Gasteiger partial charge is 0.335 e. The summed E-state index contributed by atoms with van der Waals surface area (Å²) >= 11 is 0. The van der Waals surface area contributed by atoms with Gasteiger partial charge in [-0.15, -0.1) is 0 Å². The number of benzene rings is 1. The van der Waals surface area contributed by atoms with E-state index < -0.39 is 5.97 Å². The van der Waals surface area contributed by atoms with Gasteiger partial charge in [-0.05, 0) is 37.0 Å². The molecule has 2 unspecified atom stereocenters. The molecule has 1 aromatic carbocycles. The molecule has 2 rings (SSSR count). The molecular formula is C15H19NO4. The number of carboxylic acids is 1. The fourth-order valence-corrected chi connectivity index (χ4v) is 2.56. The van der Waals surface area contributed by atoms with Gasteiger partial charge in [0.2, 0.25) is 5.91 Å². The minimum absolute atomic E-state index is 0.0747. The molecule has 1 aliphatic rings. The highest BCUT2D eigenvalue weighted by Gasteiger charge is 2.25. The third-order valence-electron chi connectivity index (χ3n) is 3.62. The van der Waals surface area contributed by atoms with E-state index in [1.54, 1.807) is 19.2 Å². The Hall–Kier alpha value is -1.88. The van der Waals surface area contributed by atoms with Crippen molar-refractivity contribution < 1.29 is 19.4 Å². The number of hydrogen-bond donors (Lipinski definition) is 2. The first-order valence-corrected chi connectivity index (χ1v) is 6.73. The Balaban J connectivity index is 1.88. The number of rotatable bonds is 5. The zero-order chi connectivity index (χ0) is 14.5. The summed E-state index contributed by atoms with van der Waals surface area (Å²) in [6.07, 6.45) is 3.18. The lowest BCUT2D eigenvalue weighted by molar-refractivity contribution is -0.121. The highest BCUT2D eigenvalue weighted by Crippen LogP contribution is 2.21. The van der Waals surface area contributed by atoms with E-state index in [4.69, 9.17) is 9.84 Å². The van der Waals surface area contributed by atoms with Gasteiger partial charge in [0.05, 0.1) is 18.1 Å². The lowest BCUT2D eigenvalue weighted by Gasteiger charge is -2.13. The monoisotopic (exact) mass is 277 g/mol. The maximum Gasteiger partial charge on any atom is 0.335 e. The highest BCUT2D eigenvalue weighted by molar-refractivity contribution is 5.88. The first-order valence-electron chi connectivity index (χ1n) is 6.73. The summed E-state index contributed by atoms with van der Waals surface area (Å²) in [5.41, 5.74) is 0.916. The van der Waals surface area contributed by atoms with Crippen molar-refractivity contribution in [2.75, 3.05) is 7.11 Å². The predicted octanol–water partition coefficient (Wildman–Crippen LogP) is 1.61. The molecule has 0 heterocycles. The summed E-state index contributed by atoms with van der Waals surface area (Å²) < 4.78 is 5.27. The number of ether oxygens (including phenoxy) is 1. The van der Waals surface area contributed by atoms with Crippen molar-refractivity contribution in [2.24, 2.45) is 0 Å². The van der Waals surface area contributed by atoms with Crippen molar-refractivity contribution in [1.29, 1.82) is 0 Å². The number of methoxy groups -OCH3 is 1. The average molecular weight is 277 g/mol. The average Bonchev–Trinajstić information content (AvgIpc) is 2.86. The minimum atomic E-state index is -0.981. The van der Waals surface area contributed by atoms with Crippen LogP contribution in [0.5, 0.6) is 0 Å². The van der Waals surface area contributed by atoms with Crippen LogP contribution in [-0.4, -0.2) is 36.2 Å². The van der Waals surface area contributed by atoms with Gasteiger partial charge >= 0.3 is 5.97 Å². The van der Waals surface area contributed by atoms with Crippen LogP contribution in [0.4, 0.5) is 0 Å². The van der Waals surface area contributed by atoms with Crippen LogP contribution in [0.2, 0.25) is 0 Å². The lowest BCUT2D eigenvalue weighted by atomic mass is 10.1. The first kappa shape index (κ1) is 14.5. The molecule has 1 aromatic rings. The molecule has 5 heteroatoms. The normalized spacial score (nSPS) is 21.6. The molecule has 2 N–H and O–H groups in total. The number of hydrogen-bond acceptors (Lipinski definition) is 3. The molecule has 2 atom stereocenters. The second kappa shape index (κ2) is 6.52. The maximum atomic E-state index is 11.9. The molecule has 1 aliphatic carbocycles. The molecule has 1 saturated carbocycles. The van der Waals surface area contributed by atoms with E-state index in [1.807, 2.05) is 0 Å². The Morgan fingerprint density at radius 2 is 2.20 bits per heavy atom. The van der Waals surface area contributed by atoms with E-state index >= 15 is 0 Å². The van der Waals surface area contributed by atoms with E-state index in [2.05, 4.69) is 5.32 Å². The van der Waals surface area contributed by atoms with Crippen LogP contribution in [0.25, 0.3) is 0 Å². The van der Waals surface area contributed by atoms with Crippen LogP contribution in [-0.2, 0) is 16.0 Å². The van der Waals surface area contributed by atoms with Gasteiger partial charge in [0.25, 0.3) is 0 Å². The zero-order valence-corrected chi connectivity index (χ0v) is 11.5. The number of amides is 1. The Morgan fingerprint density at radius 3 is 2.85 bits per heavy atom. The number of carbonyl (C=O) groups excluding carboxylic acids is 1. The Morgan fingerprint density at radius 1 is 1.40 bits per heavy atom. The third-order valence-corrected chi connectivity index (χ3v) is 3.62. The van der Waals surface area contributed by atoms with Gasteiger partial charge in [0.1, 0.15) is 0 Å². The second-order valence-corrected chi connectivity index (χ2v) is 5.12. The number of aromatic carboxylic acids is 1. The highest BCUT2D eigenvalue weighted by atomic mass is 16.5. The van der Waals surface area contributed by atoms with Gasteiger partial charge in [-0.25, -0.2) is 4.79 Å². The summed E-state index contributed by atoms with van der Waals surface area (Å²) in [6, 6.07) is 6.63. The van der Waals surface area contributed by atoms with Gasteiger partial charge in [-0.3, -0.25) is 4.79 Å². The Bertz CT molecular complexity index is 500. The minimum Gasteiger partial charge on any atom is -0.478 e. The summed E-state index contributed by atoms with van der Waals surface area (Å²) in [7, 11) is 1.69. The molecular weight excluding hydrogens is 258 g/mol. The molecule has 0 aliphatic heterocycles. The van der Waals surface area contributed by atoms with Crippen LogP contribution in [0.1, 0.15) is 35.2 Å². The molecule has 0 aromatic heterocycles. The predicted molar refractivity (Wildman–Crippen MR) is 73.7 cm³/mol. The molecule has 0 radical (unpaired) electrons. The van der Waals surface area contributed by atoms with Crippen LogP contribution >= 0.6 is 0 Å². The van der Waals surface area contributed by atoms with E-state index in [9.17, 15) is 9.59 Å². The first-order chi connectivity index (χ1) is 9.58. The van der Waals surface area contributed by atoms with Gasteiger partial charge in [0.15, 0.2) is 0 Å². The molecule has 5 nitrogen and oxygen atoms in total. The fraction of sp³-hybridized carbons (Fsp3) is 0.467. The molecule has 0 saturated heterocycles. The van der Waals surface area contributed by atoms with Crippen LogP contribution in [0, 0.1) is 0 Å². The standard InChI is InChI=1S/C15H19NO4/c1-20-13-6-5-12(9-13)16-14(17)8-10-3-2-4-11(7-10)15(18)19/h2-4,7,12-13H,5-6,8-9H2,1H3,(H,16,17)(H,18,19). The number of nitrogens with one attached hydrogen (secondary N) is 1. The van der Waals surface area contributed by atoms with Crippen molar-refractivity contribution >= 4 is 11.9 Å². The largest absolute Gasteiger partial charge is 0.478 e. The van der Waals surface area contributed by atoms with Gasteiger partial charge < -0.3 is 15.2 Å². The summed E-state index contributed by atoms with van der Waals surface area (Å²) in [5.74, 6) is -1.06. The van der Waals surface area contributed by atoms with Gasteiger partial charge in [0, 0.05) is 13.2 Å². The Kier molecular flexibility index (Phi) is 4.74. The van der Waals surface area contributed by atoms with Crippen molar-refractivity contribution in [3.63, 3.8) is 0 Å². The molecule has 0 spiro atoms. The van der Waals surface area contributed by atoms with E-state index in [-0.39, 0.29) is 30.0 Å². The van der Waals surface area contributed by atoms with Crippen molar-refractivity contribution in [2.45, 2.75) is 37.8 Å². The molecule has 108 valence electrons. The summed E-state index contributed by atoms with van der Waals surface area (Å²) in [4.78, 5) is 22.8. The SMILES string of the molecule is COC1CCC(NC(=O)Cc2cccc(C(=O)O)c2)C1. The topological polar surface area (TPSA) is 75.6 Å². The number of carbonyl (C=O) groups is 2. The van der Waals surface area contributed by atoms with Gasteiger partial charge in [-0.2, -0.15) is 0 Å². The molecule has 1 fully saturated rings. The van der Waals surface area contributed by atoms with E-state index in [1.165, 1.54) is 12.1 Å². The third kappa shape index (κ3) is 3.81. The van der Waals surface area contributed by atoms with Crippen molar-refractivity contribution in [3.8, 4) is 0 Å². The maximum absolute atomic E-state index is 11.9. The van der Waals surface area contributed by atoms with Gasteiger partial charge in [-0.1, -0.05) is 12.1 Å². The zero-order valence-electron chi connectivity index (χ0n) is 11.5.